The molecule has 0 bridgehead atoms. The Labute approximate surface area is 201 Å². The lowest BCUT2D eigenvalue weighted by Gasteiger charge is -2.26. The Bertz CT molecular complexity index is 990. The Kier molecular flexibility index (Phi) is 7.71. The average molecular weight is 468 g/mol. The van der Waals surface area contributed by atoms with Gasteiger partial charge in [-0.1, -0.05) is 74.5 Å². The average Bonchev–Trinajstić information content (AvgIpc) is 3.64. The molecule has 6 heteroatoms. The zero-order chi connectivity index (χ0) is 23.4. The molecule has 5 nitrogen and oxygen atoms in total. The van der Waals surface area contributed by atoms with E-state index in [1.165, 1.54) is 0 Å². The molecule has 2 aromatic carbocycles. The number of hydrogen-bond donors (Lipinski definition) is 2. The van der Waals surface area contributed by atoms with E-state index in [0.717, 1.165) is 54.6 Å². The number of carbonyl (C=O) groups excluding carboxylic acids is 1. The molecule has 1 saturated carbocycles. The van der Waals surface area contributed by atoms with Crippen molar-refractivity contribution in [3.8, 4) is 0 Å². The molecule has 1 aliphatic heterocycles. The lowest BCUT2D eigenvalue weighted by Crippen LogP contribution is -2.46. The van der Waals surface area contributed by atoms with Crippen molar-refractivity contribution in [1.82, 2.24) is 5.32 Å². The molecule has 1 fully saturated rings. The number of benzene rings is 2. The van der Waals surface area contributed by atoms with Crippen LogP contribution in [0.1, 0.15) is 56.6 Å². The first-order valence-electron chi connectivity index (χ1n) is 12.1. The van der Waals surface area contributed by atoms with Crippen molar-refractivity contribution < 1.29 is 9.90 Å². The van der Waals surface area contributed by atoms with Gasteiger partial charge in [0.15, 0.2) is 0 Å². The summed E-state index contributed by atoms with van der Waals surface area (Å²) in [5.74, 6) is 0.0810. The van der Waals surface area contributed by atoms with Gasteiger partial charge in [0.05, 0.1) is 24.3 Å². The summed E-state index contributed by atoms with van der Waals surface area (Å²) in [6.45, 7) is 2.64. The fourth-order valence-corrected chi connectivity index (χ4v) is 4.77. The Morgan fingerprint density at radius 1 is 1.24 bits per heavy atom. The predicted octanol–water partition coefficient (Wildman–Crippen LogP) is 5.04. The van der Waals surface area contributed by atoms with Crippen LogP contribution in [0.3, 0.4) is 0 Å². The number of hydrogen-bond acceptors (Lipinski definition) is 4. The molecule has 2 aliphatic rings. The molecule has 0 radical (unpaired) electrons. The number of nitrogens with one attached hydrogen (secondary N) is 1. The number of amides is 1. The summed E-state index contributed by atoms with van der Waals surface area (Å²) >= 11 is 6.35. The number of likely N-dealkylation sites (N-methyl/N-ethyl adjacent to an activating group) is 1. The van der Waals surface area contributed by atoms with E-state index in [1.54, 1.807) is 0 Å². The number of anilines is 1. The summed E-state index contributed by atoms with van der Waals surface area (Å²) in [5.41, 5.74) is 3.77. The highest BCUT2D eigenvalue weighted by molar-refractivity contribution is 6.31. The first-order valence-corrected chi connectivity index (χ1v) is 12.5. The van der Waals surface area contributed by atoms with Crippen molar-refractivity contribution in [3.05, 3.63) is 64.7 Å². The number of carbonyl (C=O) groups is 1. The highest BCUT2D eigenvalue weighted by atomic mass is 35.5. The lowest BCUT2D eigenvalue weighted by atomic mass is 9.91. The standard InChI is InChI=1S/C27H34ClN3O2/c1-3-4-10-24(32)22(15-18-11-12-18)27(33)30-25-17-31(2)23-14-13-20(28)16-21(23)26(29-25)19-8-6-5-7-9-19/h5-9,13-14,16,18,22,24-25,32H,3-4,10-12,15,17H2,1-2H3,(H,30,33). The van der Waals surface area contributed by atoms with Gasteiger partial charge < -0.3 is 15.3 Å². The molecular weight excluding hydrogens is 434 g/mol. The van der Waals surface area contributed by atoms with E-state index in [4.69, 9.17) is 16.6 Å². The van der Waals surface area contributed by atoms with Crippen LogP contribution in [0, 0.1) is 11.8 Å². The van der Waals surface area contributed by atoms with Crippen molar-refractivity contribution in [2.45, 2.75) is 57.7 Å². The Balaban J connectivity index is 1.62. The van der Waals surface area contributed by atoms with E-state index in [-0.39, 0.29) is 11.8 Å². The Morgan fingerprint density at radius 3 is 2.70 bits per heavy atom. The third-order valence-electron chi connectivity index (χ3n) is 6.65. The predicted molar refractivity (Wildman–Crippen MR) is 135 cm³/mol. The second-order valence-corrected chi connectivity index (χ2v) is 9.84. The molecule has 1 amide bonds. The first-order chi connectivity index (χ1) is 16.0. The number of nitrogens with zero attached hydrogens (tertiary/aromatic N) is 2. The fourth-order valence-electron chi connectivity index (χ4n) is 4.60. The maximum Gasteiger partial charge on any atom is 0.227 e. The number of fused-ring (bicyclic) bond motifs is 1. The van der Waals surface area contributed by atoms with Crippen molar-refractivity contribution in [2.75, 3.05) is 18.5 Å². The molecule has 0 aromatic heterocycles. The molecule has 3 unspecified atom stereocenters. The van der Waals surface area contributed by atoms with Gasteiger partial charge >= 0.3 is 0 Å². The molecule has 1 aliphatic carbocycles. The van der Waals surface area contributed by atoms with Gasteiger partial charge in [-0.25, -0.2) is 0 Å². The Morgan fingerprint density at radius 2 is 2.00 bits per heavy atom. The molecule has 0 saturated heterocycles. The van der Waals surface area contributed by atoms with Crippen molar-refractivity contribution in [3.63, 3.8) is 0 Å². The van der Waals surface area contributed by atoms with E-state index in [2.05, 4.69) is 17.1 Å². The summed E-state index contributed by atoms with van der Waals surface area (Å²) in [5, 5.41) is 14.6. The van der Waals surface area contributed by atoms with E-state index < -0.39 is 12.3 Å². The van der Waals surface area contributed by atoms with Gasteiger partial charge in [-0.05, 0) is 37.0 Å². The molecule has 3 atom stereocenters. The van der Waals surface area contributed by atoms with Crippen molar-refractivity contribution in [1.29, 1.82) is 0 Å². The van der Waals surface area contributed by atoms with E-state index in [1.807, 2.05) is 55.6 Å². The number of aliphatic imine (C=N–C) groups is 1. The molecule has 1 heterocycles. The second-order valence-electron chi connectivity index (χ2n) is 9.41. The fraction of sp³-hybridized carbons (Fsp3) is 0.481. The van der Waals surface area contributed by atoms with Crippen molar-refractivity contribution in [2.24, 2.45) is 16.8 Å². The van der Waals surface area contributed by atoms with Crippen LogP contribution in [0.15, 0.2) is 53.5 Å². The lowest BCUT2D eigenvalue weighted by molar-refractivity contribution is -0.129. The summed E-state index contributed by atoms with van der Waals surface area (Å²) in [4.78, 5) is 20.5. The minimum atomic E-state index is -0.609. The second kappa shape index (κ2) is 10.7. The van der Waals surface area contributed by atoms with Crippen LogP contribution in [0.25, 0.3) is 0 Å². The van der Waals surface area contributed by atoms with E-state index >= 15 is 0 Å². The van der Waals surface area contributed by atoms with Gasteiger partial charge in [0.1, 0.15) is 6.17 Å². The molecule has 0 spiro atoms. The SMILES string of the molecule is CCCCC(O)C(CC1CC1)C(=O)NC1CN(C)c2ccc(Cl)cc2C(c2ccccc2)=N1. The molecular formula is C27H34ClN3O2. The molecule has 4 rings (SSSR count). The largest absolute Gasteiger partial charge is 0.392 e. The van der Waals surface area contributed by atoms with Crippen LogP contribution in [-0.2, 0) is 4.79 Å². The summed E-state index contributed by atoms with van der Waals surface area (Å²) in [7, 11) is 2.01. The molecule has 33 heavy (non-hydrogen) atoms. The maximum absolute atomic E-state index is 13.4. The number of benzodiazepines with no additional fused rings is 1. The van der Waals surface area contributed by atoms with Crippen LogP contribution in [-0.4, -0.2) is 42.6 Å². The van der Waals surface area contributed by atoms with Gasteiger partial charge in [-0.15, -0.1) is 0 Å². The quantitative estimate of drug-likeness (QED) is 0.543. The summed E-state index contributed by atoms with van der Waals surface area (Å²) in [6.07, 6.45) is 4.62. The zero-order valence-corrected chi connectivity index (χ0v) is 20.3. The third kappa shape index (κ3) is 5.96. The van der Waals surface area contributed by atoms with Crippen LogP contribution in [0.2, 0.25) is 5.02 Å². The number of rotatable bonds is 9. The summed E-state index contributed by atoms with van der Waals surface area (Å²) in [6, 6.07) is 15.8. The number of unbranched alkanes of at least 4 members (excludes halogenated alkanes) is 1. The highest BCUT2D eigenvalue weighted by Crippen LogP contribution is 2.37. The summed E-state index contributed by atoms with van der Waals surface area (Å²) < 4.78 is 0. The Hall–Kier alpha value is -2.37. The smallest absolute Gasteiger partial charge is 0.227 e. The minimum absolute atomic E-state index is 0.0935. The normalized spacial score (nSPS) is 19.8. The van der Waals surface area contributed by atoms with E-state index in [9.17, 15) is 9.90 Å². The molecule has 2 aromatic rings. The van der Waals surface area contributed by atoms with Crippen LogP contribution in [0.4, 0.5) is 5.69 Å². The monoisotopic (exact) mass is 467 g/mol. The van der Waals surface area contributed by atoms with Gasteiger partial charge in [-0.2, -0.15) is 0 Å². The number of halogens is 1. The van der Waals surface area contributed by atoms with Crippen LogP contribution in [0.5, 0.6) is 0 Å². The topological polar surface area (TPSA) is 64.9 Å². The van der Waals surface area contributed by atoms with Gasteiger partial charge in [0, 0.05) is 28.9 Å². The number of aliphatic hydroxyl groups excluding tert-OH is 1. The minimum Gasteiger partial charge on any atom is -0.392 e. The van der Waals surface area contributed by atoms with Crippen LogP contribution < -0.4 is 10.2 Å². The van der Waals surface area contributed by atoms with Crippen LogP contribution >= 0.6 is 11.6 Å². The first kappa shape index (κ1) is 23.8. The molecule has 2 N–H and O–H groups in total. The third-order valence-corrected chi connectivity index (χ3v) is 6.89. The highest BCUT2D eigenvalue weighted by Gasteiger charge is 2.35. The zero-order valence-electron chi connectivity index (χ0n) is 19.5. The van der Waals surface area contributed by atoms with Gasteiger partial charge in [0.2, 0.25) is 5.91 Å². The number of aliphatic hydroxyl groups is 1. The molecule has 176 valence electrons. The van der Waals surface area contributed by atoms with Crippen molar-refractivity contribution >= 4 is 28.9 Å². The maximum atomic E-state index is 13.4. The van der Waals surface area contributed by atoms with Gasteiger partial charge in [-0.3, -0.25) is 9.79 Å². The van der Waals surface area contributed by atoms with E-state index in [0.29, 0.717) is 23.9 Å². The van der Waals surface area contributed by atoms with Gasteiger partial charge in [0.25, 0.3) is 0 Å².